The van der Waals surface area contributed by atoms with E-state index in [2.05, 4.69) is 34.8 Å². The van der Waals surface area contributed by atoms with E-state index in [0.29, 0.717) is 17.3 Å². The molecule has 2 rings (SSSR count). The van der Waals surface area contributed by atoms with E-state index >= 15 is 0 Å². The first-order chi connectivity index (χ1) is 8.63. The zero-order valence-corrected chi connectivity index (χ0v) is 13.8. The van der Waals surface area contributed by atoms with E-state index in [1.165, 1.54) is 32.1 Å². The van der Waals surface area contributed by atoms with E-state index < -0.39 is 0 Å². The first-order valence-corrected chi connectivity index (χ1v) is 8.29. The molecule has 1 nitrogen and oxygen atoms in total. The van der Waals surface area contributed by atoms with Gasteiger partial charge in [-0.2, -0.15) is 0 Å². The number of allylic oxidation sites excluding steroid dienone is 1. The Kier molecular flexibility index (Phi) is 6.10. The average Bonchev–Trinajstić information content (AvgIpc) is 2.77. The lowest BCUT2D eigenvalue weighted by Gasteiger charge is -2.43. The van der Waals surface area contributed by atoms with Crippen molar-refractivity contribution in [2.45, 2.75) is 59.8 Å². The average molecular weight is 315 g/mol. The Morgan fingerprint density at radius 3 is 2.61 bits per heavy atom. The maximum Gasteiger partial charge on any atom is 0.123 e. The second-order valence-electron chi connectivity index (χ2n) is 5.78. The molecule has 4 unspecified atom stereocenters. The zero-order chi connectivity index (χ0) is 13.8. The van der Waals surface area contributed by atoms with Gasteiger partial charge in [-0.25, -0.2) is 0 Å². The SMILES string of the molecule is CC.CC(C=O)C1CCC2/C(=C/Br)CCCC21C. The van der Waals surface area contributed by atoms with Gasteiger partial charge < -0.3 is 4.79 Å². The Morgan fingerprint density at radius 1 is 1.39 bits per heavy atom. The van der Waals surface area contributed by atoms with Crippen LogP contribution in [0.15, 0.2) is 10.6 Å². The molecular weight excluding hydrogens is 288 g/mol. The number of rotatable bonds is 2. The molecule has 2 saturated carbocycles. The molecule has 0 radical (unpaired) electrons. The lowest BCUT2D eigenvalue weighted by molar-refractivity contribution is -0.113. The molecule has 0 spiro atoms. The van der Waals surface area contributed by atoms with Crippen LogP contribution in [-0.2, 0) is 4.79 Å². The van der Waals surface area contributed by atoms with Crippen LogP contribution >= 0.6 is 15.9 Å². The summed E-state index contributed by atoms with van der Waals surface area (Å²) in [6, 6.07) is 0. The van der Waals surface area contributed by atoms with Crippen LogP contribution in [0.25, 0.3) is 0 Å². The predicted molar refractivity (Wildman–Crippen MR) is 81.8 cm³/mol. The molecule has 2 aliphatic carbocycles. The third kappa shape index (κ3) is 2.74. The van der Waals surface area contributed by atoms with Crippen molar-refractivity contribution in [1.82, 2.24) is 0 Å². The molecule has 0 aliphatic heterocycles. The fourth-order valence-corrected chi connectivity index (χ4v) is 4.72. The lowest BCUT2D eigenvalue weighted by atomic mass is 9.61. The molecule has 2 fully saturated rings. The summed E-state index contributed by atoms with van der Waals surface area (Å²) < 4.78 is 0. The van der Waals surface area contributed by atoms with Gasteiger partial charge >= 0.3 is 0 Å². The smallest absolute Gasteiger partial charge is 0.123 e. The highest BCUT2D eigenvalue weighted by atomic mass is 79.9. The summed E-state index contributed by atoms with van der Waals surface area (Å²) in [6.07, 6.45) is 7.48. The van der Waals surface area contributed by atoms with E-state index in [0.717, 1.165) is 6.29 Å². The Balaban J connectivity index is 0.000000771. The van der Waals surface area contributed by atoms with E-state index in [9.17, 15) is 4.79 Å². The highest BCUT2D eigenvalue weighted by Gasteiger charge is 2.50. The third-order valence-corrected chi connectivity index (χ3v) is 5.62. The minimum absolute atomic E-state index is 0.227. The number of hydrogen-bond donors (Lipinski definition) is 0. The van der Waals surface area contributed by atoms with Gasteiger partial charge in [-0.3, -0.25) is 0 Å². The summed E-state index contributed by atoms with van der Waals surface area (Å²) in [5.41, 5.74) is 1.95. The highest BCUT2D eigenvalue weighted by Crippen LogP contribution is 2.59. The van der Waals surface area contributed by atoms with Gasteiger partial charge in [0.1, 0.15) is 6.29 Å². The van der Waals surface area contributed by atoms with Crippen molar-refractivity contribution in [3.05, 3.63) is 10.6 Å². The molecule has 0 bridgehead atoms. The molecule has 0 aromatic rings. The fourth-order valence-electron chi connectivity index (χ4n) is 4.17. The van der Waals surface area contributed by atoms with Crippen molar-refractivity contribution < 1.29 is 4.79 Å². The van der Waals surface area contributed by atoms with Crippen molar-refractivity contribution in [3.8, 4) is 0 Å². The lowest BCUT2D eigenvalue weighted by Crippen LogP contribution is -2.36. The number of fused-ring (bicyclic) bond motifs is 1. The Hall–Kier alpha value is -0.110. The Morgan fingerprint density at radius 2 is 2.06 bits per heavy atom. The maximum atomic E-state index is 11.0. The van der Waals surface area contributed by atoms with Crippen LogP contribution in [0.2, 0.25) is 0 Å². The van der Waals surface area contributed by atoms with Crippen LogP contribution in [0.4, 0.5) is 0 Å². The number of halogens is 1. The molecule has 4 atom stereocenters. The maximum absolute atomic E-state index is 11.0. The first kappa shape index (κ1) is 15.9. The van der Waals surface area contributed by atoms with E-state index in [1.54, 1.807) is 5.57 Å². The number of aldehydes is 1. The number of carbonyl (C=O) groups is 1. The first-order valence-electron chi connectivity index (χ1n) is 7.38. The standard InChI is InChI=1S/C14H21BrO.C2H6/c1-10(9-16)12-5-6-13-11(8-15)4-3-7-14(12,13)2;1-2/h8-10,12-13H,3-7H2,1-2H3;1-2H3/b11-8+;. The molecule has 0 N–H and O–H groups in total. The normalized spacial score (nSPS) is 38.6. The third-order valence-electron chi connectivity index (χ3n) is 5.03. The number of carbonyl (C=O) groups excluding carboxylic acids is 1. The van der Waals surface area contributed by atoms with Crippen LogP contribution < -0.4 is 0 Å². The summed E-state index contributed by atoms with van der Waals surface area (Å²) in [4.78, 5) is 13.2. The summed E-state index contributed by atoms with van der Waals surface area (Å²) in [5.74, 6) is 1.54. The minimum atomic E-state index is 0.227. The van der Waals surface area contributed by atoms with Gasteiger partial charge in [-0.05, 0) is 54.3 Å². The number of hydrogen-bond acceptors (Lipinski definition) is 1. The molecule has 0 amide bonds. The van der Waals surface area contributed by atoms with Crippen LogP contribution in [0.3, 0.4) is 0 Å². The van der Waals surface area contributed by atoms with Gasteiger partial charge in [0.2, 0.25) is 0 Å². The second-order valence-corrected chi connectivity index (χ2v) is 6.23. The fraction of sp³-hybridized carbons (Fsp3) is 0.812. The second kappa shape index (κ2) is 6.88. The van der Waals surface area contributed by atoms with Gasteiger partial charge in [0.05, 0.1) is 0 Å². The Bertz CT molecular complexity index is 310. The predicted octanol–water partition coefficient (Wildman–Crippen LogP) is 5.34. The van der Waals surface area contributed by atoms with Crippen LogP contribution in [0.5, 0.6) is 0 Å². The molecule has 0 saturated heterocycles. The summed E-state index contributed by atoms with van der Waals surface area (Å²) in [6.45, 7) is 8.50. The molecule has 2 heteroatoms. The van der Waals surface area contributed by atoms with Crippen molar-refractivity contribution in [1.29, 1.82) is 0 Å². The van der Waals surface area contributed by atoms with Gasteiger partial charge in [0.25, 0.3) is 0 Å². The van der Waals surface area contributed by atoms with Crippen molar-refractivity contribution in [2.24, 2.45) is 23.2 Å². The topological polar surface area (TPSA) is 17.1 Å². The van der Waals surface area contributed by atoms with E-state index in [1.807, 2.05) is 13.8 Å². The van der Waals surface area contributed by atoms with Crippen molar-refractivity contribution in [2.75, 3.05) is 0 Å². The van der Waals surface area contributed by atoms with Crippen molar-refractivity contribution in [3.63, 3.8) is 0 Å². The Labute approximate surface area is 121 Å². The minimum Gasteiger partial charge on any atom is -0.303 e. The quantitative estimate of drug-likeness (QED) is 0.628. The van der Waals surface area contributed by atoms with Crippen LogP contribution in [0.1, 0.15) is 59.8 Å². The van der Waals surface area contributed by atoms with Crippen LogP contribution in [-0.4, -0.2) is 6.29 Å². The van der Waals surface area contributed by atoms with Gasteiger partial charge in [-0.1, -0.05) is 49.2 Å². The highest BCUT2D eigenvalue weighted by molar-refractivity contribution is 9.11. The molecule has 2 aliphatic rings. The molecule has 0 heterocycles. The van der Waals surface area contributed by atoms with Crippen LogP contribution in [0, 0.1) is 23.2 Å². The van der Waals surface area contributed by atoms with Gasteiger partial charge in [0, 0.05) is 5.92 Å². The largest absolute Gasteiger partial charge is 0.303 e. The van der Waals surface area contributed by atoms with E-state index in [4.69, 9.17) is 0 Å². The molecule has 0 aromatic carbocycles. The molecular formula is C16H27BrO. The van der Waals surface area contributed by atoms with Gasteiger partial charge in [0.15, 0.2) is 0 Å². The summed E-state index contributed by atoms with van der Waals surface area (Å²) >= 11 is 3.51. The van der Waals surface area contributed by atoms with Crippen molar-refractivity contribution >= 4 is 22.2 Å². The summed E-state index contributed by atoms with van der Waals surface area (Å²) in [7, 11) is 0. The molecule has 0 aromatic heterocycles. The summed E-state index contributed by atoms with van der Waals surface area (Å²) in [5, 5.41) is 0. The molecule has 104 valence electrons. The van der Waals surface area contributed by atoms with Gasteiger partial charge in [-0.15, -0.1) is 0 Å². The monoisotopic (exact) mass is 314 g/mol. The molecule has 18 heavy (non-hydrogen) atoms. The zero-order valence-electron chi connectivity index (χ0n) is 12.2. The van der Waals surface area contributed by atoms with E-state index in [-0.39, 0.29) is 5.92 Å².